The van der Waals surface area contributed by atoms with Gasteiger partial charge in [0.1, 0.15) is 11.8 Å². The number of hydrogen-bond acceptors (Lipinski definition) is 4. The van der Waals surface area contributed by atoms with Gasteiger partial charge in [0.05, 0.1) is 44.7 Å². The molecule has 2 aliphatic heterocycles. The first-order chi connectivity index (χ1) is 12.6. The summed E-state index contributed by atoms with van der Waals surface area (Å²) in [5.74, 6) is 0.0161. The van der Waals surface area contributed by atoms with E-state index >= 15 is 0 Å². The number of ether oxygens (including phenoxy) is 1. The van der Waals surface area contributed by atoms with Gasteiger partial charge in [0.15, 0.2) is 0 Å². The van der Waals surface area contributed by atoms with Crippen molar-refractivity contribution in [3.05, 3.63) is 22.4 Å². The summed E-state index contributed by atoms with van der Waals surface area (Å²) in [4.78, 5) is 32.5. The lowest BCUT2D eigenvalue weighted by molar-refractivity contribution is -0.883. The molecule has 4 rings (SSSR count). The Balaban J connectivity index is 1.60. The molecule has 1 aromatic heterocycles. The number of amides is 2. The number of nitrogens with one attached hydrogen (secondary N) is 1. The standard InChI is InChI=1S/C19H27N3O3S/c1-20-9-11-21(12-10-20)17(23)15-14-25-19(7-3-2-4-8-19)22(15)18(24)16-6-5-13-26-16/h5-6,13,15H,2-4,7-12,14H2,1H3/p+1/t15-/m1/s1. The largest absolute Gasteiger partial charge is 0.353 e. The second kappa shape index (κ2) is 7.29. The summed E-state index contributed by atoms with van der Waals surface area (Å²) in [5, 5.41) is 1.91. The van der Waals surface area contributed by atoms with E-state index in [2.05, 4.69) is 7.05 Å². The minimum Gasteiger partial charge on any atom is -0.353 e. The second-order valence-corrected chi connectivity index (χ2v) is 8.72. The molecule has 2 amide bonds. The number of carbonyl (C=O) groups excluding carboxylic acids is 2. The quantitative estimate of drug-likeness (QED) is 0.820. The van der Waals surface area contributed by atoms with Crippen LogP contribution in [0.15, 0.2) is 17.5 Å². The number of rotatable bonds is 2. The maximum atomic E-state index is 13.3. The Kier molecular flexibility index (Phi) is 5.03. The zero-order chi connectivity index (χ0) is 18.1. The fourth-order valence-electron chi connectivity index (χ4n) is 4.50. The Morgan fingerprint density at radius 2 is 1.96 bits per heavy atom. The Morgan fingerprint density at radius 3 is 2.62 bits per heavy atom. The number of thiophene rings is 1. The molecule has 1 spiro atoms. The van der Waals surface area contributed by atoms with Gasteiger partial charge in [0.2, 0.25) is 5.91 Å². The van der Waals surface area contributed by atoms with E-state index in [9.17, 15) is 9.59 Å². The molecule has 142 valence electrons. The smallest absolute Gasteiger partial charge is 0.266 e. The van der Waals surface area contributed by atoms with Gasteiger partial charge in [-0.05, 0) is 37.1 Å². The molecule has 0 radical (unpaired) electrons. The van der Waals surface area contributed by atoms with Crippen LogP contribution in [-0.4, -0.2) is 73.2 Å². The van der Waals surface area contributed by atoms with E-state index in [0.717, 1.165) is 51.9 Å². The zero-order valence-corrected chi connectivity index (χ0v) is 16.2. The van der Waals surface area contributed by atoms with Crippen LogP contribution in [0.3, 0.4) is 0 Å². The van der Waals surface area contributed by atoms with Crippen molar-refractivity contribution in [2.24, 2.45) is 0 Å². The fourth-order valence-corrected chi connectivity index (χ4v) is 5.16. The first-order valence-corrected chi connectivity index (χ1v) is 10.6. The highest BCUT2D eigenvalue weighted by Gasteiger charge is 2.54. The third-order valence-corrected chi connectivity index (χ3v) is 6.92. The van der Waals surface area contributed by atoms with Crippen LogP contribution in [0.2, 0.25) is 0 Å². The topological polar surface area (TPSA) is 54.3 Å². The van der Waals surface area contributed by atoms with Gasteiger partial charge in [0.25, 0.3) is 5.91 Å². The lowest BCUT2D eigenvalue weighted by Crippen LogP contribution is -3.12. The minimum absolute atomic E-state index is 0.0440. The van der Waals surface area contributed by atoms with Gasteiger partial charge in [0, 0.05) is 0 Å². The predicted molar refractivity (Wildman–Crippen MR) is 99.2 cm³/mol. The number of piperazine rings is 1. The van der Waals surface area contributed by atoms with Crippen molar-refractivity contribution >= 4 is 23.2 Å². The molecule has 6 nitrogen and oxygen atoms in total. The molecule has 1 aliphatic carbocycles. The molecule has 1 saturated carbocycles. The van der Waals surface area contributed by atoms with Crippen molar-refractivity contribution < 1.29 is 19.2 Å². The van der Waals surface area contributed by atoms with Gasteiger partial charge in [-0.1, -0.05) is 12.5 Å². The van der Waals surface area contributed by atoms with Gasteiger partial charge in [-0.15, -0.1) is 11.3 Å². The van der Waals surface area contributed by atoms with E-state index in [0.29, 0.717) is 11.5 Å². The first kappa shape index (κ1) is 17.9. The van der Waals surface area contributed by atoms with Crippen LogP contribution in [0.5, 0.6) is 0 Å². The van der Waals surface area contributed by atoms with Crippen LogP contribution in [0.1, 0.15) is 41.8 Å². The number of nitrogens with zero attached hydrogens (tertiary/aromatic N) is 2. The SMILES string of the molecule is C[NH+]1CCN(C(=O)[C@H]2COC3(CCCCC3)N2C(=O)c2cccs2)CC1. The molecular weight excluding hydrogens is 350 g/mol. The van der Waals surface area contributed by atoms with Crippen molar-refractivity contribution in [2.45, 2.75) is 43.9 Å². The summed E-state index contributed by atoms with van der Waals surface area (Å²) in [6.07, 6.45) is 4.94. The van der Waals surface area contributed by atoms with Crippen LogP contribution in [-0.2, 0) is 9.53 Å². The number of hydrogen-bond donors (Lipinski definition) is 1. The molecule has 2 saturated heterocycles. The first-order valence-electron chi connectivity index (χ1n) is 9.72. The average Bonchev–Trinajstić information content (AvgIpc) is 3.31. The monoisotopic (exact) mass is 378 g/mol. The molecule has 3 aliphatic rings. The second-order valence-electron chi connectivity index (χ2n) is 7.77. The maximum Gasteiger partial charge on any atom is 0.266 e. The van der Waals surface area contributed by atoms with E-state index in [1.807, 2.05) is 27.3 Å². The Bertz CT molecular complexity index is 649. The third kappa shape index (κ3) is 3.17. The average molecular weight is 379 g/mol. The van der Waals surface area contributed by atoms with E-state index < -0.39 is 11.8 Å². The summed E-state index contributed by atoms with van der Waals surface area (Å²) in [7, 11) is 2.16. The molecule has 0 bridgehead atoms. The van der Waals surface area contributed by atoms with E-state index in [4.69, 9.17) is 4.74 Å². The van der Waals surface area contributed by atoms with Gasteiger partial charge >= 0.3 is 0 Å². The van der Waals surface area contributed by atoms with Crippen LogP contribution >= 0.6 is 11.3 Å². The highest BCUT2D eigenvalue weighted by molar-refractivity contribution is 7.12. The zero-order valence-electron chi connectivity index (χ0n) is 15.4. The van der Waals surface area contributed by atoms with Crippen LogP contribution in [0.4, 0.5) is 0 Å². The van der Waals surface area contributed by atoms with Gasteiger partial charge < -0.3 is 14.5 Å². The molecule has 1 N–H and O–H groups in total. The number of carbonyl (C=O) groups is 2. The summed E-state index contributed by atoms with van der Waals surface area (Å²) in [6, 6.07) is 3.26. The van der Waals surface area contributed by atoms with E-state index in [1.54, 1.807) is 0 Å². The molecule has 0 aromatic carbocycles. The van der Waals surface area contributed by atoms with Crippen molar-refractivity contribution in [1.82, 2.24) is 9.80 Å². The highest BCUT2D eigenvalue weighted by Crippen LogP contribution is 2.42. The highest BCUT2D eigenvalue weighted by atomic mass is 32.1. The normalized spacial score (nSPS) is 26.4. The van der Waals surface area contributed by atoms with Crippen LogP contribution < -0.4 is 4.90 Å². The Labute approximate surface area is 158 Å². The Hall–Kier alpha value is -1.44. The number of quaternary nitrogens is 1. The van der Waals surface area contributed by atoms with Crippen LogP contribution in [0.25, 0.3) is 0 Å². The summed E-state index contributed by atoms with van der Waals surface area (Å²) >= 11 is 1.44. The van der Waals surface area contributed by atoms with Crippen molar-refractivity contribution in [2.75, 3.05) is 39.8 Å². The fraction of sp³-hybridized carbons (Fsp3) is 0.684. The molecule has 3 heterocycles. The third-order valence-electron chi connectivity index (χ3n) is 6.06. The molecule has 3 fully saturated rings. The van der Waals surface area contributed by atoms with E-state index in [1.165, 1.54) is 22.7 Å². The van der Waals surface area contributed by atoms with Gasteiger partial charge in [-0.25, -0.2) is 0 Å². The van der Waals surface area contributed by atoms with Crippen LogP contribution in [0, 0.1) is 0 Å². The summed E-state index contributed by atoms with van der Waals surface area (Å²) in [6.45, 7) is 3.77. The minimum atomic E-state index is -0.586. The molecule has 1 aromatic rings. The summed E-state index contributed by atoms with van der Waals surface area (Å²) in [5.41, 5.74) is -0.586. The molecule has 26 heavy (non-hydrogen) atoms. The molecular formula is C19H28N3O3S+. The lowest BCUT2D eigenvalue weighted by Gasteiger charge is -2.42. The molecule has 1 atom stereocenters. The predicted octanol–water partition coefficient (Wildman–Crippen LogP) is 0.606. The van der Waals surface area contributed by atoms with Crippen molar-refractivity contribution in [3.8, 4) is 0 Å². The molecule has 0 unspecified atom stereocenters. The van der Waals surface area contributed by atoms with Crippen molar-refractivity contribution in [1.29, 1.82) is 0 Å². The van der Waals surface area contributed by atoms with E-state index in [-0.39, 0.29) is 11.8 Å². The van der Waals surface area contributed by atoms with Crippen molar-refractivity contribution in [3.63, 3.8) is 0 Å². The lowest BCUT2D eigenvalue weighted by atomic mass is 9.90. The van der Waals surface area contributed by atoms with Gasteiger partial charge in [-0.2, -0.15) is 0 Å². The number of likely N-dealkylation sites (N-methyl/N-ethyl adjacent to an activating group) is 1. The summed E-state index contributed by atoms with van der Waals surface area (Å²) < 4.78 is 6.22. The maximum absolute atomic E-state index is 13.3. The van der Waals surface area contributed by atoms with Gasteiger partial charge in [-0.3, -0.25) is 14.5 Å². The molecule has 7 heteroatoms. The Morgan fingerprint density at radius 1 is 1.23 bits per heavy atom.